The summed E-state index contributed by atoms with van der Waals surface area (Å²) in [4.78, 5) is 0. The Morgan fingerprint density at radius 3 is 2.63 bits per heavy atom. The molecule has 0 amide bonds. The van der Waals surface area contributed by atoms with Crippen LogP contribution in [0.4, 0.5) is 0 Å². The van der Waals surface area contributed by atoms with Crippen LogP contribution < -0.4 is 4.74 Å². The smallest absolute Gasteiger partial charge is 0.215 e. The molecule has 0 radical (unpaired) electrons. The third kappa shape index (κ3) is 4.15. The largest absolute Gasteiger partial charge is 0.493 e. The third-order valence-electron chi connectivity index (χ3n) is 5.36. The van der Waals surface area contributed by atoms with Gasteiger partial charge in [-0.1, -0.05) is 35.9 Å². The van der Waals surface area contributed by atoms with Crippen molar-refractivity contribution in [2.75, 3.05) is 12.4 Å². The Labute approximate surface area is 166 Å². The fourth-order valence-corrected chi connectivity index (χ4v) is 5.85. The minimum atomic E-state index is -3.36. The molecule has 0 N–H and O–H groups in total. The zero-order valence-corrected chi connectivity index (χ0v) is 17.0. The van der Waals surface area contributed by atoms with Gasteiger partial charge in [-0.2, -0.15) is 4.31 Å². The summed E-state index contributed by atoms with van der Waals surface area (Å²) < 4.78 is 33.6. The van der Waals surface area contributed by atoms with Crippen molar-refractivity contribution in [2.24, 2.45) is 0 Å². The number of nitrogens with zero attached hydrogens (tertiary/aromatic N) is 1. The van der Waals surface area contributed by atoms with Gasteiger partial charge in [-0.3, -0.25) is 0 Å². The number of rotatable bonds is 7. The highest BCUT2D eigenvalue weighted by atomic mass is 35.5. The number of hydrogen-bond acceptors (Lipinski definition) is 3. The van der Waals surface area contributed by atoms with Gasteiger partial charge in [0.15, 0.2) is 0 Å². The van der Waals surface area contributed by atoms with Crippen LogP contribution in [-0.2, 0) is 22.9 Å². The van der Waals surface area contributed by atoms with E-state index in [9.17, 15) is 8.42 Å². The molecule has 27 heavy (non-hydrogen) atoms. The van der Waals surface area contributed by atoms with E-state index in [1.807, 2.05) is 43.3 Å². The summed E-state index contributed by atoms with van der Waals surface area (Å²) in [5, 5.41) is 0.660. The van der Waals surface area contributed by atoms with Crippen LogP contribution in [0.3, 0.4) is 0 Å². The normalized spacial score (nSPS) is 17.6. The number of ether oxygens (including phenoxy) is 1. The molecule has 0 aromatic heterocycles. The quantitative estimate of drug-likeness (QED) is 0.687. The van der Waals surface area contributed by atoms with E-state index in [1.54, 1.807) is 4.31 Å². The average molecular weight is 406 g/mol. The second-order valence-corrected chi connectivity index (χ2v) is 9.83. The van der Waals surface area contributed by atoms with Crippen molar-refractivity contribution in [2.45, 2.75) is 44.7 Å². The summed E-state index contributed by atoms with van der Waals surface area (Å²) in [5.74, 6) is 1.05. The van der Waals surface area contributed by atoms with E-state index in [0.717, 1.165) is 36.1 Å². The van der Waals surface area contributed by atoms with Gasteiger partial charge < -0.3 is 4.74 Å². The molecule has 144 valence electrons. The van der Waals surface area contributed by atoms with Crippen molar-refractivity contribution in [3.05, 3.63) is 64.2 Å². The maximum atomic E-state index is 13.2. The number of sulfonamides is 1. The first kappa shape index (κ1) is 18.8. The fraction of sp³-hybridized carbons (Fsp3) is 0.429. The summed E-state index contributed by atoms with van der Waals surface area (Å²) in [6.45, 7) is 2.68. The molecule has 1 saturated carbocycles. The maximum absolute atomic E-state index is 13.2. The van der Waals surface area contributed by atoms with Crippen molar-refractivity contribution in [1.82, 2.24) is 4.31 Å². The highest BCUT2D eigenvalue weighted by Crippen LogP contribution is 2.37. The van der Waals surface area contributed by atoms with Crippen LogP contribution in [0.5, 0.6) is 5.75 Å². The van der Waals surface area contributed by atoms with E-state index in [0.29, 0.717) is 18.1 Å². The molecule has 1 atom stereocenters. The van der Waals surface area contributed by atoms with Crippen molar-refractivity contribution in [3.8, 4) is 5.75 Å². The number of hydrogen-bond donors (Lipinski definition) is 0. The van der Waals surface area contributed by atoms with Crippen LogP contribution in [0.2, 0.25) is 5.02 Å². The maximum Gasteiger partial charge on any atom is 0.215 e. The number of fused-ring (bicyclic) bond motifs is 1. The molecule has 1 heterocycles. The second-order valence-electron chi connectivity index (χ2n) is 7.40. The molecule has 1 fully saturated rings. The van der Waals surface area contributed by atoms with Gasteiger partial charge in [-0.25, -0.2) is 8.42 Å². The molecule has 0 spiro atoms. The number of benzene rings is 2. The molecule has 4 rings (SSSR count). The number of halogens is 1. The minimum Gasteiger partial charge on any atom is -0.493 e. The first-order valence-electron chi connectivity index (χ1n) is 9.45. The molecule has 1 aliphatic carbocycles. The Balaban J connectivity index is 1.50. The molecule has 6 heteroatoms. The Morgan fingerprint density at radius 1 is 1.19 bits per heavy atom. The van der Waals surface area contributed by atoms with Gasteiger partial charge in [0.2, 0.25) is 10.0 Å². The summed E-state index contributed by atoms with van der Waals surface area (Å²) in [5.41, 5.74) is 3.21. The lowest BCUT2D eigenvalue weighted by Gasteiger charge is -2.29. The summed E-state index contributed by atoms with van der Waals surface area (Å²) >= 11 is 5.98. The van der Waals surface area contributed by atoms with Crippen LogP contribution in [0, 0.1) is 0 Å². The molecule has 1 unspecified atom stereocenters. The molecule has 0 saturated heterocycles. The van der Waals surface area contributed by atoms with E-state index in [-0.39, 0.29) is 17.8 Å². The molecule has 4 nitrogen and oxygen atoms in total. The lowest BCUT2D eigenvalue weighted by Crippen LogP contribution is -2.37. The average Bonchev–Trinajstić information content (AvgIpc) is 3.35. The third-order valence-corrected chi connectivity index (χ3v) is 7.59. The number of aryl methyl sites for hydroxylation is 1. The fourth-order valence-electron chi connectivity index (χ4n) is 3.75. The van der Waals surface area contributed by atoms with E-state index < -0.39 is 10.0 Å². The van der Waals surface area contributed by atoms with Gasteiger partial charge in [0, 0.05) is 23.5 Å². The van der Waals surface area contributed by atoms with Crippen LogP contribution in [-0.4, -0.2) is 31.1 Å². The van der Waals surface area contributed by atoms with E-state index in [4.69, 9.17) is 16.3 Å². The van der Waals surface area contributed by atoms with E-state index in [2.05, 4.69) is 6.07 Å². The second kappa shape index (κ2) is 7.46. The zero-order chi connectivity index (χ0) is 19.0. The van der Waals surface area contributed by atoms with Crippen LogP contribution in [0.25, 0.3) is 0 Å². The minimum absolute atomic E-state index is 0.120. The van der Waals surface area contributed by atoms with Crippen molar-refractivity contribution < 1.29 is 13.2 Å². The first-order chi connectivity index (χ1) is 12.9. The van der Waals surface area contributed by atoms with E-state index >= 15 is 0 Å². The van der Waals surface area contributed by atoms with Crippen LogP contribution in [0.15, 0.2) is 42.5 Å². The Morgan fingerprint density at radius 2 is 1.93 bits per heavy atom. The molecule has 1 aliphatic heterocycles. The zero-order valence-electron chi connectivity index (χ0n) is 15.4. The van der Waals surface area contributed by atoms with Crippen LogP contribution >= 0.6 is 11.6 Å². The van der Waals surface area contributed by atoms with Gasteiger partial charge in [0.25, 0.3) is 0 Å². The molecular weight excluding hydrogens is 382 g/mol. The standard InChI is InChI=1S/C21H24ClNO3S/c1-15(17-3-5-19(22)6-4-17)23(20-7-8-20)27(24,25)13-11-16-2-9-21-18(14-16)10-12-26-21/h2-6,9,14-15,20H,7-8,10-13H2,1H3. The topological polar surface area (TPSA) is 46.6 Å². The summed E-state index contributed by atoms with van der Waals surface area (Å²) in [6.07, 6.45) is 3.30. The monoisotopic (exact) mass is 405 g/mol. The highest BCUT2D eigenvalue weighted by Gasteiger charge is 2.40. The lowest BCUT2D eigenvalue weighted by atomic mass is 10.1. The van der Waals surface area contributed by atoms with Crippen molar-refractivity contribution >= 4 is 21.6 Å². The Kier molecular flexibility index (Phi) is 5.19. The van der Waals surface area contributed by atoms with E-state index in [1.165, 1.54) is 5.56 Å². The molecule has 2 aromatic rings. The molecule has 2 aromatic carbocycles. The summed E-state index contributed by atoms with van der Waals surface area (Å²) in [7, 11) is -3.36. The van der Waals surface area contributed by atoms with Gasteiger partial charge in [-0.15, -0.1) is 0 Å². The first-order valence-corrected chi connectivity index (χ1v) is 11.4. The predicted molar refractivity (Wildman–Crippen MR) is 108 cm³/mol. The van der Waals surface area contributed by atoms with Crippen molar-refractivity contribution in [3.63, 3.8) is 0 Å². The predicted octanol–water partition coefficient (Wildman–Crippen LogP) is 4.37. The van der Waals surface area contributed by atoms with Crippen LogP contribution in [0.1, 0.15) is 42.5 Å². The van der Waals surface area contributed by atoms with Gasteiger partial charge in [0.1, 0.15) is 5.75 Å². The molecule has 0 bridgehead atoms. The lowest BCUT2D eigenvalue weighted by molar-refractivity contribution is 0.334. The van der Waals surface area contributed by atoms with Gasteiger partial charge in [-0.05, 0) is 61.1 Å². The molecule has 2 aliphatic rings. The Hall–Kier alpha value is -1.56. The molecular formula is C21H24ClNO3S. The SMILES string of the molecule is CC(c1ccc(Cl)cc1)N(C1CC1)S(=O)(=O)CCc1ccc2c(c1)CCO2. The highest BCUT2D eigenvalue weighted by molar-refractivity contribution is 7.89. The van der Waals surface area contributed by atoms with Crippen molar-refractivity contribution in [1.29, 1.82) is 0 Å². The van der Waals surface area contributed by atoms with Gasteiger partial charge >= 0.3 is 0 Å². The Bertz CT molecular complexity index is 923. The summed E-state index contributed by atoms with van der Waals surface area (Å²) in [6, 6.07) is 13.4. The van der Waals surface area contributed by atoms with Gasteiger partial charge in [0.05, 0.1) is 12.4 Å².